The largest absolute Gasteiger partial charge is 0.415 e. The average molecular weight is 384 g/mol. The summed E-state index contributed by atoms with van der Waals surface area (Å²) in [5.74, 6) is -2.40. The first-order valence-corrected chi connectivity index (χ1v) is 7.70. The first-order chi connectivity index (χ1) is 12.1. The summed E-state index contributed by atoms with van der Waals surface area (Å²) in [4.78, 5) is 45.4. The Kier molecular flexibility index (Phi) is 5.71. The molecule has 2 fully saturated rings. The van der Waals surface area contributed by atoms with E-state index in [0.717, 1.165) is 0 Å². The van der Waals surface area contributed by atoms with Crippen molar-refractivity contribution in [1.82, 2.24) is 10.6 Å². The Labute approximate surface area is 144 Å². The highest BCUT2D eigenvalue weighted by Gasteiger charge is 2.53. The molecule has 0 aromatic carbocycles. The summed E-state index contributed by atoms with van der Waals surface area (Å²) in [5.41, 5.74) is -3.37. The second-order valence-electron chi connectivity index (χ2n) is 6.19. The van der Waals surface area contributed by atoms with Gasteiger partial charge in [-0.05, 0) is 25.7 Å². The van der Waals surface area contributed by atoms with E-state index in [1.165, 1.54) is 0 Å². The number of ether oxygens (including phenoxy) is 2. The fourth-order valence-corrected chi connectivity index (χ4v) is 2.04. The van der Waals surface area contributed by atoms with Gasteiger partial charge in [0.1, 0.15) is 11.1 Å². The van der Waals surface area contributed by atoms with Crippen LogP contribution in [0.2, 0.25) is 0 Å². The maximum absolute atomic E-state index is 12.6. The number of rotatable bonds is 7. The number of halogens is 4. The minimum Gasteiger partial charge on any atom is -0.376 e. The topological polar surface area (TPSA) is 111 Å². The minimum absolute atomic E-state index is 0.0511. The van der Waals surface area contributed by atoms with Crippen LogP contribution in [0.3, 0.4) is 0 Å². The third-order valence-corrected chi connectivity index (χ3v) is 4.06. The van der Waals surface area contributed by atoms with Gasteiger partial charge in [-0.2, -0.15) is 0 Å². The van der Waals surface area contributed by atoms with Crippen LogP contribution in [0.15, 0.2) is 0 Å². The van der Waals surface area contributed by atoms with E-state index in [-0.39, 0.29) is 25.7 Å². The zero-order chi connectivity index (χ0) is 19.5. The third kappa shape index (κ3) is 5.05. The van der Waals surface area contributed by atoms with Crippen LogP contribution >= 0.6 is 0 Å². The summed E-state index contributed by atoms with van der Waals surface area (Å²) >= 11 is 0. The van der Waals surface area contributed by atoms with Crippen molar-refractivity contribution in [3.05, 3.63) is 0 Å². The predicted octanol–water partition coefficient (Wildman–Crippen LogP) is 1.87. The van der Waals surface area contributed by atoms with Gasteiger partial charge in [0.15, 0.2) is 0 Å². The van der Waals surface area contributed by atoms with Gasteiger partial charge in [0.05, 0.1) is 12.8 Å². The number of hydrogen-bond acceptors (Lipinski definition) is 6. The molecule has 0 saturated heterocycles. The molecule has 146 valence electrons. The molecule has 2 rings (SSSR count). The molecule has 0 aromatic heterocycles. The number of carbonyl (C=O) groups excluding carboxylic acids is 4. The first kappa shape index (κ1) is 19.9. The van der Waals surface area contributed by atoms with Crippen LogP contribution < -0.4 is 10.6 Å². The maximum atomic E-state index is 12.6. The molecule has 0 atom stereocenters. The van der Waals surface area contributed by atoms with Crippen LogP contribution in [0.25, 0.3) is 0 Å². The Morgan fingerprint density at radius 2 is 1.04 bits per heavy atom. The van der Waals surface area contributed by atoms with Crippen LogP contribution in [0.1, 0.15) is 38.5 Å². The summed E-state index contributed by atoms with van der Waals surface area (Å²) in [6.07, 6.45) is -9.47. The SMILES string of the molecule is O=C(CCC(=O)OC(=O)NC1(C(F)F)CC1)OC(=O)NC1(C(F)F)CC1. The van der Waals surface area contributed by atoms with Crippen LogP contribution in [0.4, 0.5) is 27.2 Å². The van der Waals surface area contributed by atoms with E-state index in [1.54, 1.807) is 0 Å². The normalized spacial score (nSPS) is 18.8. The monoisotopic (exact) mass is 384 g/mol. The smallest absolute Gasteiger partial charge is 0.376 e. The molecule has 12 heteroatoms. The van der Waals surface area contributed by atoms with Crippen LogP contribution in [-0.4, -0.2) is 48.1 Å². The third-order valence-electron chi connectivity index (χ3n) is 4.06. The van der Waals surface area contributed by atoms with Gasteiger partial charge in [-0.3, -0.25) is 9.59 Å². The lowest BCUT2D eigenvalue weighted by molar-refractivity contribution is -0.144. The molecule has 2 amide bonds. The van der Waals surface area contributed by atoms with E-state index in [2.05, 4.69) is 9.47 Å². The highest BCUT2D eigenvalue weighted by Crippen LogP contribution is 2.41. The van der Waals surface area contributed by atoms with Crippen molar-refractivity contribution in [1.29, 1.82) is 0 Å². The Balaban J connectivity index is 1.64. The molecule has 2 N–H and O–H groups in total. The van der Waals surface area contributed by atoms with Crippen molar-refractivity contribution >= 4 is 24.1 Å². The molecule has 0 spiro atoms. The number of nitrogens with one attached hydrogen (secondary N) is 2. The molecule has 0 unspecified atom stereocenters. The molecule has 0 radical (unpaired) electrons. The first-order valence-electron chi connectivity index (χ1n) is 7.70. The standard InChI is InChI=1S/C14H16F4N2O6/c15-9(16)13(3-4-13)19-11(23)25-7(21)1-2-8(22)26-12(24)20-14(5-6-14)10(17)18/h9-10H,1-6H2,(H,19,23)(H,20,24). The molecule has 0 bridgehead atoms. The number of alkyl carbamates (subject to hydrolysis) is 2. The molecule has 26 heavy (non-hydrogen) atoms. The van der Waals surface area contributed by atoms with Crippen molar-refractivity contribution in [2.45, 2.75) is 62.5 Å². The molecular formula is C14H16F4N2O6. The fourth-order valence-electron chi connectivity index (χ4n) is 2.04. The quantitative estimate of drug-likeness (QED) is 0.394. The molecule has 2 aliphatic rings. The van der Waals surface area contributed by atoms with Gasteiger partial charge in [0.25, 0.3) is 12.9 Å². The van der Waals surface area contributed by atoms with Gasteiger partial charge >= 0.3 is 24.1 Å². The summed E-state index contributed by atoms with van der Waals surface area (Å²) in [7, 11) is 0. The molecule has 0 heterocycles. The lowest BCUT2D eigenvalue weighted by Gasteiger charge is -2.15. The zero-order valence-electron chi connectivity index (χ0n) is 13.4. The minimum atomic E-state index is -2.80. The van der Waals surface area contributed by atoms with Crippen molar-refractivity contribution in [3.63, 3.8) is 0 Å². The van der Waals surface area contributed by atoms with Gasteiger partial charge in [-0.25, -0.2) is 27.2 Å². The molecule has 2 saturated carbocycles. The number of esters is 2. The molecule has 8 nitrogen and oxygen atoms in total. The van der Waals surface area contributed by atoms with Crippen molar-refractivity contribution in [2.24, 2.45) is 0 Å². The van der Waals surface area contributed by atoms with E-state index in [9.17, 15) is 36.7 Å². The zero-order valence-corrected chi connectivity index (χ0v) is 13.4. The van der Waals surface area contributed by atoms with E-state index in [4.69, 9.17) is 0 Å². The molecule has 0 aliphatic heterocycles. The van der Waals surface area contributed by atoms with Gasteiger partial charge in [0, 0.05) is 0 Å². The Hall–Kier alpha value is -2.40. The number of hydrogen-bond donors (Lipinski definition) is 2. The maximum Gasteiger partial charge on any atom is 0.415 e. The highest BCUT2D eigenvalue weighted by atomic mass is 19.3. The number of amides is 2. The Morgan fingerprint density at radius 1 is 0.731 bits per heavy atom. The van der Waals surface area contributed by atoms with Gasteiger partial charge in [0.2, 0.25) is 0 Å². The summed E-state index contributed by atoms with van der Waals surface area (Å²) < 4.78 is 58.9. The van der Waals surface area contributed by atoms with Crippen LogP contribution in [0.5, 0.6) is 0 Å². The van der Waals surface area contributed by atoms with Gasteiger partial charge in [-0.15, -0.1) is 0 Å². The second kappa shape index (κ2) is 7.46. The van der Waals surface area contributed by atoms with Gasteiger partial charge in [-0.1, -0.05) is 0 Å². The predicted molar refractivity (Wildman–Crippen MR) is 74.4 cm³/mol. The molecular weight excluding hydrogens is 368 g/mol. The highest BCUT2D eigenvalue weighted by molar-refractivity contribution is 5.89. The van der Waals surface area contributed by atoms with E-state index in [0.29, 0.717) is 0 Å². The van der Waals surface area contributed by atoms with Crippen molar-refractivity contribution in [2.75, 3.05) is 0 Å². The number of carbonyl (C=O) groups is 4. The lowest BCUT2D eigenvalue weighted by Crippen LogP contribution is -2.43. The Bertz CT molecular complexity index is 552. The molecule has 0 aromatic rings. The van der Waals surface area contributed by atoms with Crippen LogP contribution in [0, 0.1) is 0 Å². The Morgan fingerprint density at radius 3 is 1.27 bits per heavy atom. The number of alkyl halides is 4. The van der Waals surface area contributed by atoms with Crippen LogP contribution in [-0.2, 0) is 19.1 Å². The summed E-state index contributed by atoms with van der Waals surface area (Å²) in [6.45, 7) is 0. The second-order valence-corrected chi connectivity index (χ2v) is 6.19. The fraction of sp³-hybridized carbons (Fsp3) is 0.714. The van der Waals surface area contributed by atoms with E-state index >= 15 is 0 Å². The van der Waals surface area contributed by atoms with E-state index < -0.39 is 60.9 Å². The molecule has 2 aliphatic carbocycles. The van der Waals surface area contributed by atoms with E-state index in [1.807, 2.05) is 10.6 Å². The van der Waals surface area contributed by atoms with Crippen molar-refractivity contribution < 1.29 is 46.2 Å². The summed E-state index contributed by atoms with van der Waals surface area (Å²) in [6, 6.07) is 0. The van der Waals surface area contributed by atoms with Crippen molar-refractivity contribution in [3.8, 4) is 0 Å². The average Bonchev–Trinajstić information content (AvgIpc) is 3.42. The van der Waals surface area contributed by atoms with Gasteiger partial charge < -0.3 is 20.1 Å². The lowest BCUT2D eigenvalue weighted by atomic mass is 10.3. The summed E-state index contributed by atoms with van der Waals surface area (Å²) in [5, 5.41) is 3.76.